The van der Waals surface area contributed by atoms with Gasteiger partial charge in [-0.25, -0.2) is 0 Å². The van der Waals surface area contributed by atoms with Crippen LogP contribution in [0.3, 0.4) is 0 Å². The molecule has 2 amide bonds. The fraction of sp³-hybridized carbons (Fsp3) is 0.462. The molecule has 1 unspecified atom stereocenters. The first-order chi connectivity index (χ1) is 17.1. The number of carbonyl (C=O) groups is 2. The summed E-state index contributed by atoms with van der Waals surface area (Å²) in [6.45, 7) is 5.99. The average Bonchev–Trinajstić information content (AvgIpc) is 2.80. The molecule has 1 heterocycles. The molecule has 210 valence electrons. The summed E-state index contributed by atoms with van der Waals surface area (Å²) in [5.41, 5.74) is -1.87. The van der Waals surface area contributed by atoms with Gasteiger partial charge in [0.25, 0.3) is 5.91 Å². The number of amides is 2. The smallest absolute Gasteiger partial charge is 0.356 e. The first-order valence-electron chi connectivity index (χ1n) is 11.8. The highest BCUT2D eigenvalue weighted by molar-refractivity contribution is 5.95. The van der Waals surface area contributed by atoms with Gasteiger partial charge >= 0.3 is 12.4 Å². The van der Waals surface area contributed by atoms with E-state index in [1.165, 1.54) is 11.8 Å². The SMILES string of the molecule is CC(=O)NCCC1(Cc2ccc(C)c(C)c2)CNCCN1C(=O)c1cc(C(F)(F)F)cc(C(F)(F)F)c1.Cl. The van der Waals surface area contributed by atoms with Gasteiger partial charge in [0, 0.05) is 38.7 Å². The zero-order chi connectivity index (χ0) is 27.6. The van der Waals surface area contributed by atoms with Crippen molar-refractivity contribution in [3.8, 4) is 0 Å². The number of alkyl halides is 6. The number of rotatable bonds is 6. The minimum atomic E-state index is -5.07. The largest absolute Gasteiger partial charge is 0.416 e. The maximum Gasteiger partial charge on any atom is 0.416 e. The summed E-state index contributed by atoms with van der Waals surface area (Å²) in [6.07, 6.45) is -9.61. The number of nitrogens with zero attached hydrogens (tertiary/aromatic N) is 1. The first-order valence-corrected chi connectivity index (χ1v) is 11.8. The Morgan fingerprint density at radius 1 is 0.974 bits per heavy atom. The molecule has 0 spiro atoms. The van der Waals surface area contributed by atoms with Gasteiger partial charge in [0.15, 0.2) is 0 Å². The number of nitrogens with one attached hydrogen (secondary N) is 2. The molecule has 38 heavy (non-hydrogen) atoms. The second-order valence-electron chi connectivity index (χ2n) is 9.48. The summed E-state index contributed by atoms with van der Waals surface area (Å²) in [6, 6.07) is 6.68. The van der Waals surface area contributed by atoms with E-state index >= 15 is 0 Å². The van der Waals surface area contributed by atoms with Crippen molar-refractivity contribution in [1.29, 1.82) is 0 Å². The molecule has 1 aliphatic heterocycles. The van der Waals surface area contributed by atoms with E-state index in [2.05, 4.69) is 10.6 Å². The molecule has 0 aliphatic carbocycles. The maximum atomic E-state index is 13.7. The monoisotopic (exact) mass is 565 g/mol. The third-order valence-electron chi connectivity index (χ3n) is 6.69. The molecule has 0 aromatic heterocycles. The lowest BCUT2D eigenvalue weighted by Crippen LogP contribution is -2.65. The van der Waals surface area contributed by atoms with Gasteiger partial charge in [-0.1, -0.05) is 18.2 Å². The summed E-state index contributed by atoms with van der Waals surface area (Å²) in [7, 11) is 0. The Morgan fingerprint density at radius 3 is 2.11 bits per heavy atom. The van der Waals surface area contributed by atoms with Crippen LogP contribution in [0.25, 0.3) is 0 Å². The van der Waals surface area contributed by atoms with Crippen LogP contribution in [0, 0.1) is 13.8 Å². The topological polar surface area (TPSA) is 61.4 Å². The molecule has 2 aromatic rings. The predicted octanol–water partition coefficient (Wildman–Crippen LogP) is 5.32. The van der Waals surface area contributed by atoms with E-state index < -0.39 is 40.5 Å². The Bertz CT molecular complexity index is 1140. The summed E-state index contributed by atoms with van der Waals surface area (Å²) < 4.78 is 80.7. The van der Waals surface area contributed by atoms with Gasteiger partial charge in [0.05, 0.1) is 16.7 Å². The van der Waals surface area contributed by atoms with Crippen LogP contribution in [0.5, 0.6) is 0 Å². The molecule has 0 radical (unpaired) electrons. The third kappa shape index (κ3) is 7.41. The molecular formula is C26H30ClF6N3O2. The van der Waals surface area contributed by atoms with Crippen molar-refractivity contribution in [2.45, 2.75) is 51.5 Å². The van der Waals surface area contributed by atoms with Gasteiger partial charge in [-0.15, -0.1) is 12.4 Å². The number of hydrogen-bond donors (Lipinski definition) is 2. The van der Waals surface area contributed by atoms with Crippen LogP contribution in [0.4, 0.5) is 26.3 Å². The minimum absolute atomic E-state index is 0. The fourth-order valence-electron chi connectivity index (χ4n) is 4.63. The molecule has 2 aromatic carbocycles. The quantitative estimate of drug-likeness (QED) is 0.466. The number of benzene rings is 2. The van der Waals surface area contributed by atoms with Crippen molar-refractivity contribution in [2.24, 2.45) is 0 Å². The number of carbonyl (C=O) groups excluding carboxylic acids is 2. The lowest BCUT2D eigenvalue weighted by Gasteiger charge is -2.48. The van der Waals surface area contributed by atoms with Crippen molar-refractivity contribution >= 4 is 24.2 Å². The van der Waals surface area contributed by atoms with Crippen LogP contribution in [-0.4, -0.2) is 48.4 Å². The van der Waals surface area contributed by atoms with E-state index in [4.69, 9.17) is 0 Å². The average molecular weight is 566 g/mol. The predicted molar refractivity (Wildman–Crippen MR) is 133 cm³/mol. The second-order valence-corrected chi connectivity index (χ2v) is 9.48. The number of piperazine rings is 1. The van der Waals surface area contributed by atoms with Gasteiger partial charge in [0.2, 0.25) is 5.91 Å². The fourth-order valence-corrected chi connectivity index (χ4v) is 4.63. The van der Waals surface area contributed by atoms with Crippen LogP contribution in [0.15, 0.2) is 36.4 Å². The third-order valence-corrected chi connectivity index (χ3v) is 6.69. The van der Waals surface area contributed by atoms with E-state index in [0.29, 0.717) is 18.7 Å². The highest BCUT2D eigenvalue weighted by Gasteiger charge is 2.43. The van der Waals surface area contributed by atoms with Gasteiger partial charge in [-0.3, -0.25) is 9.59 Å². The minimum Gasteiger partial charge on any atom is -0.356 e. The Morgan fingerprint density at radius 2 is 1.58 bits per heavy atom. The summed E-state index contributed by atoms with van der Waals surface area (Å²) in [5.74, 6) is -1.22. The number of aryl methyl sites for hydroxylation is 2. The van der Waals surface area contributed by atoms with E-state index in [1.807, 2.05) is 32.0 Å². The molecule has 12 heteroatoms. The molecule has 2 N–H and O–H groups in total. The van der Waals surface area contributed by atoms with Crippen molar-refractivity contribution in [1.82, 2.24) is 15.5 Å². The van der Waals surface area contributed by atoms with Crippen LogP contribution in [-0.2, 0) is 23.6 Å². The van der Waals surface area contributed by atoms with E-state index in [9.17, 15) is 35.9 Å². The molecule has 3 rings (SSSR count). The standard InChI is InChI=1S/C26H29F6N3O2.ClH/c1-16-4-5-19(10-17(16)2)14-24(6-7-34-18(3)36)15-33-8-9-35(24)23(37)20-11-21(25(27,28)29)13-22(12-20)26(30,31)32;/h4-5,10-13,33H,6-9,14-15H2,1-3H3,(H,34,36);1H. The molecular weight excluding hydrogens is 536 g/mol. The van der Waals surface area contributed by atoms with E-state index in [0.717, 1.165) is 16.7 Å². The molecule has 1 atom stereocenters. The molecule has 1 saturated heterocycles. The van der Waals surface area contributed by atoms with Crippen LogP contribution < -0.4 is 10.6 Å². The Hall–Kier alpha value is -2.79. The number of hydrogen-bond acceptors (Lipinski definition) is 3. The number of halogens is 7. The highest BCUT2D eigenvalue weighted by Crippen LogP contribution is 2.37. The molecule has 0 bridgehead atoms. The zero-order valence-electron chi connectivity index (χ0n) is 21.1. The zero-order valence-corrected chi connectivity index (χ0v) is 22.0. The van der Waals surface area contributed by atoms with Crippen LogP contribution >= 0.6 is 12.4 Å². The Labute approximate surface area is 223 Å². The first kappa shape index (κ1) is 31.4. The molecule has 1 fully saturated rings. The van der Waals surface area contributed by atoms with E-state index in [-0.39, 0.29) is 56.9 Å². The lowest BCUT2D eigenvalue weighted by molar-refractivity contribution is -0.143. The van der Waals surface area contributed by atoms with Crippen molar-refractivity contribution in [2.75, 3.05) is 26.2 Å². The molecule has 0 saturated carbocycles. The second kappa shape index (κ2) is 11.9. The van der Waals surface area contributed by atoms with Gasteiger partial charge in [-0.05, 0) is 61.6 Å². The van der Waals surface area contributed by atoms with Gasteiger partial charge < -0.3 is 15.5 Å². The summed E-state index contributed by atoms with van der Waals surface area (Å²) in [5, 5.41) is 5.88. The van der Waals surface area contributed by atoms with Gasteiger partial charge in [0.1, 0.15) is 0 Å². The van der Waals surface area contributed by atoms with Crippen LogP contribution in [0.2, 0.25) is 0 Å². The van der Waals surface area contributed by atoms with Crippen LogP contribution in [0.1, 0.15) is 51.5 Å². The van der Waals surface area contributed by atoms with Crippen molar-refractivity contribution in [3.05, 3.63) is 69.8 Å². The van der Waals surface area contributed by atoms with Crippen molar-refractivity contribution in [3.63, 3.8) is 0 Å². The van der Waals surface area contributed by atoms with Gasteiger partial charge in [-0.2, -0.15) is 26.3 Å². The maximum absolute atomic E-state index is 13.7. The van der Waals surface area contributed by atoms with Crippen molar-refractivity contribution < 1.29 is 35.9 Å². The Kier molecular flexibility index (Phi) is 9.88. The normalized spacial score (nSPS) is 18.1. The lowest BCUT2D eigenvalue weighted by atomic mass is 9.82. The Balaban J connectivity index is 0.00000507. The molecule has 5 nitrogen and oxygen atoms in total. The van der Waals surface area contributed by atoms with E-state index in [1.54, 1.807) is 0 Å². The summed E-state index contributed by atoms with van der Waals surface area (Å²) >= 11 is 0. The summed E-state index contributed by atoms with van der Waals surface area (Å²) in [4.78, 5) is 26.5. The molecule has 1 aliphatic rings. The highest BCUT2D eigenvalue weighted by atomic mass is 35.5.